The van der Waals surface area contributed by atoms with E-state index in [1.165, 1.54) is 47.8 Å². The summed E-state index contributed by atoms with van der Waals surface area (Å²) in [6.45, 7) is 2.49. The van der Waals surface area contributed by atoms with Gasteiger partial charge in [-0.25, -0.2) is 0 Å². The van der Waals surface area contributed by atoms with Crippen LogP contribution in [0.3, 0.4) is 0 Å². The molecule has 3 atom stereocenters. The summed E-state index contributed by atoms with van der Waals surface area (Å²) >= 11 is 0. The SMILES string of the molecule is OCCOc1cccc(CN2CC3CCC(Nc4cccc5cnccc45)C2C3)c1. The van der Waals surface area contributed by atoms with Gasteiger partial charge in [0.2, 0.25) is 0 Å². The van der Waals surface area contributed by atoms with Gasteiger partial charge in [-0.05, 0) is 55.0 Å². The highest BCUT2D eigenvalue weighted by Crippen LogP contribution is 2.38. The van der Waals surface area contributed by atoms with Crippen LogP contribution in [0.2, 0.25) is 0 Å². The molecule has 2 aliphatic rings. The summed E-state index contributed by atoms with van der Waals surface area (Å²) in [5.74, 6) is 1.64. The van der Waals surface area contributed by atoms with Crippen molar-refractivity contribution >= 4 is 16.5 Å². The molecule has 2 fully saturated rings. The van der Waals surface area contributed by atoms with Gasteiger partial charge in [-0.15, -0.1) is 0 Å². The van der Waals surface area contributed by atoms with E-state index in [0.29, 0.717) is 18.7 Å². The van der Waals surface area contributed by atoms with Crippen LogP contribution in [-0.4, -0.2) is 46.8 Å². The van der Waals surface area contributed by atoms with Gasteiger partial charge in [-0.3, -0.25) is 9.88 Å². The standard InChI is InChI=1S/C25H29N3O2/c29-11-12-30-21-5-1-3-18(13-21)16-28-17-19-7-8-24(25(28)14-19)27-23-6-2-4-20-15-26-10-9-22(20)23/h1-6,9-10,13,15,19,24-25,27,29H,7-8,11-12,14,16-17H2. The lowest BCUT2D eigenvalue weighted by Crippen LogP contribution is -2.43. The molecule has 0 spiro atoms. The Labute approximate surface area is 177 Å². The first kappa shape index (κ1) is 19.3. The number of benzene rings is 2. The Morgan fingerprint density at radius 1 is 1.13 bits per heavy atom. The normalized spacial score (nSPS) is 23.6. The molecular formula is C25H29N3O2. The van der Waals surface area contributed by atoms with Crippen molar-refractivity contribution in [2.75, 3.05) is 25.1 Å². The third-order valence-electron chi connectivity index (χ3n) is 6.55. The van der Waals surface area contributed by atoms with E-state index in [9.17, 15) is 0 Å². The Morgan fingerprint density at radius 3 is 3.00 bits per heavy atom. The van der Waals surface area contributed by atoms with Crippen molar-refractivity contribution in [2.24, 2.45) is 5.92 Å². The van der Waals surface area contributed by atoms with Crippen molar-refractivity contribution in [3.8, 4) is 5.75 Å². The number of fused-ring (bicyclic) bond motifs is 3. The molecule has 5 nitrogen and oxygen atoms in total. The zero-order chi connectivity index (χ0) is 20.3. The van der Waals surface area contributed by atoms with Crippen molar-refractivity contribution in [3.05, 3.63) is 66.5 Å². The van der Waals surface area contributed by atoms with Crippen molar-refractivity contribution in [1.82, 2.24) is 9.88 Å². The summed E-state index contributed by atoms with van der Waals surface area (Å²) in [7, 11) is 0. The van der Waals surface area contributed by atoms with Gasteiger partial charge in [0, 0.05) is 54.0 Å². The van der Waals surface area contributed by atoms with Crippen LogP contribution in [0.25, 0.3) is 10.8 Å². The number of nitrogens with zero attached hydrogens (tertiary/aromatic N) is 2. The van der Waals surface area contributed by atoms with E-state index in [1.807, 2.05) is 24.5 Å². The van der Waals surface area contributed by atoms with E-state index in [2.05, 4.69) is 51.6 Å². The molecule has 156 valence electrons. The van der Waals surface area contributed by atoms with Crippen LogP contribution in [0.15, 0.2) is 60.9 Å². The topological polar surface area (TPSA) is 57.6 Å². The summed E-state index contributed by atoms with van der Waals surface area (Å²) < 4.78 is 5.60. The Kier molecular flexibility index (Phi) is 5.56. The highest BCUT2D eigenvalue weighted by molar-refractivity contribution is 5.93. The first-order chi connectivity index (χ1) is 14.8. The fraction of sp³-hybridized carbons (Fsp3) is 0.400. The molecule has 0 amide bonds. The van der Waals surface area contributed by atoms with E-state index in [4.69, 9.17) is 9.84 Å². The molecule has 5 heteroatoms. The van der Waals surface area contributed by atoms with Crippen molar-refractivity contribution in [1.29, 1.82) is 0 Å². The van der Waals surface area contributed by atoms with Gasteiger partial charge in [0.05, 0.1) is 6.61 Å². The number of aliphatic hydroxyl groups excluding tert-OH is 1. The molecule has 1 saturated heterocycles. The van der Waals surface area contributed by atoms with Gasteiger partial charge in [-0.1, -0.05) is 24.3 Å². The summed E-state index contributed by atoms with van der Waals surface area (Å²) in [6.07, 6.45) is 7.58. The number of pyridine rings is 1. The number of hydrogen-bond donors (Lipinski definition) is 2. The van der Waals surface area contributed by atoms with E-state index in [0.717, 1.165) is 18.2 Å². The minimum atomic E-state index is 0.0394. The number of nitrogens with one attached hydrogen (secondary N) is 1. The van der Waals surface area contributed by atoms with Crippen LogP contribution in [-0.2, 0) is 6.54 Å². The molecule has 1 aliphatic carbocycles. The number of anilines is 1. The van der Waals surface area contributed by atoms with E-state index >= 15 is 0 Å². The smallest absolute Gasteiger partial charge is 0.119 e. The van der Waals surface area contributed by atoms with Crippen molar-refractivity contribution < 1.29 is 9.84 Å². The number of likely N-dealkylation sites (tertiary alicyclic amines) is 1. The minimum Gasteiger partial charge on any atom is -0.491 e. The van der Waals surface area contributed by atoms with Gasteiger partial charge in [0.25, 0.3) is 0 Å². The fourth-order valence-corrected chi connectivity index (χ4v) is 5.20. The second kappa shape index (κ2) is 8.62. The average Bonchev–Trinajstić information content (AvgIpc) is 3.11. The quantitative estimate of drug-likeness (QED) is 0.623. The third-order valence-corrected chi connectivity index (χ3v) is 6.55. The Morgan fingerprint density at radius 2 is 2.07 bits per heavy atom. The first-order valence-electron chi connectivity index (χ1n) is 11.0. The lowest BCUT2D eigenvalue weighted by molar-refractivity contribution is 0.200. The Balaban J connectivity index is 1.32. The van der Waals surface area contributed by atoms with Crippen LogP contribution in [0.4, 0.5) is 5.69 Å². The maximum Gasteiger partial charge on any atom is 0.119 e. The number of ether oxygens (including phenoxy) is 1. The Hall–Kier alpha value is -2.63. The molecule has 2 aromatic carbocycles. The molecule has 2 bridgehead atoms. The van der Waals surface area contributed by atoms with Gasteiger partial charge >= 0.3 is 0 Å². The van der Waals surface area contributed by atoms with E-state index in [1.54, 1.807) is 0 Å². The first-order valence-corrected chi connectivity index (χ1v) is 11.0. The molecule has 3 aromatic rings. The summed E-state index contributed by atoms with van der Waals surface area (Å²) in [4.78, 5) is 6.91. The van der Waals surface area contributed by atoms with Crippen LogP contribution < -0.4 is 10.1 Å². The predicted molar refractivity (Wildman–Crippen MR) is 120 cm³/mol. The van der Waals surface area contributed by atoms with Crippen LogP contribution >= 0.6 is 0 Å². The molecule has 0 radical (unpaired) electrons. The zero-order valence-corrected chi connectivity index (χ0v) is 17.2. The van der Waals surface area contributed by atoms with E-state index < -0.39 is 0 Å². The number of aliphatic hydroxyl groups is 1. The number of hydrogen-bond acceptors (Lipinski definition) is 5. The van der Waals surface area contributed by atoms with Crippen LogP contribution in [0.5, 0.6) is 5.75 Å². The van der Waals surface area contributed by atoms with Gasteiger partial charge < -0.3 is 15.2 Å². The molecule has 1 aliphatic heterocycles. The molecule has 2 N–H and O–H groups in total. The monoisotopic (exact) mass is 403 g/mol. The maximum absolute atomic E-state index is 9.00. The highest BCUT2D eigenvalue weighted by atomic mass is 16.5. The van der Waals surface area contributed by atoms with Crippen molar-refractivity contribution in [3.63, 3.8) is 0 Å². The summed E-state index contributed by atoms with van der Waals surface area (Å²) in [5.41, 5.74) is 2.48. The van der Waals surface area contributed by atoms with E-state index in [-0.39, 0.29) is 6.61 Å². The second-order valence-corrected chi connectivity index (χ2v) is 8.55. The lowest BCUT2D eigenvalue weighted by Gasteiger charge is -2.34. The summed E-state index contributed by atoms with van der Waals surface area (Å²) in [5, 5.41) is 15.3. The molecule has 1 saturated carbocycles. The lowest BCUT2D eigenvalue weighted by atomic mass is 9.86. The predicted octanol–water partition coefficient (Wildman–Crippen LogP) is 4.07. The number of rotatable bonds is 7. The molecule has 3 unspecified atom stereocenters. The number of aromatic nitrogens is 1. The highest BCUT2D eigenvalue weighted by Gasteiger charge is 2.41. The maximum atomic E-state index is 9.00. The van der Waals surface area contributed by atoms with Gasteiger partial charge in [0.1, 0.15) is 12.4 Å². The fourth-order valence-electron chi connectivity index (χ4n) is 5.20. The zero-order valence-electron chi connectivity index (χ0n) is 17.2. The van der Waals surface area contributed by atoms with Crippen LogP contribution in [0, 0.1) is 5.92 Å². The van der Waals surface area contributed by atoms with Crippen molar-refractivity contribution in [2.45, 2.75) is 37.9 Å². The third kappa shape index (κ3) is 4.00. The molecular weight excluding hydrogens is 374 g/mol. The van der Waals surface area contributed by atoms with Gasteiger partial charge in [0.15, 0.2) is 0 Å². The molecule has 30 heavy (non-hydrogen) atoms. The summed E-state index contributed by atoms with van der Waals surface area (Å²) in [6, 6.07) is 17.8. The molecule has 2 heterocycles. The minimum absolute atomic E-state index is 0.0394. The van der Waals surface area contributed by atoms with Gasteiger partial charge in [-0.2, -0.15) is 0 Å². The average molecular weight is 404 g/mol. The van der Waals surface area contributed by atoms with Crippen LogP contribution in [0.1, 0.15) is 24.8 Å². The Bertz CT molecular complexity index is 1000. The largest absolute Gasteiger partial charge is 0.491 e. The second-order valence-electron chi connectivity index (χ2n) is 8.55. The molecule has 1 aromatic heterocycles. The molecule has 5 rings (SSSR count).